The first kappa shape index (κ1) is 22.9. The fourth-order valence-electron chi connectivity index (χ4n) is 4.30. The van der Waals surface area contributed by atoms with E-state index in [-0.39, 0.29) is 23.4 Å². The first-order valence-corrected chi connectivity index (χ1v) is 11.4. The lowest BCUT2D eigenvalue weighted by Crippen LogP contribution is -2.25. The molecule has 0 saturated carbocycles. The molecular weight excluding hydrogens is 385 g/mol. The molecule has 2 atom stereocenters. The topological polar surface area (TPSA) is 9.23 Å². The van der Waals surface area contributed by atoms with Crippen molar-refractivity contribution in [3.05, 3.63) is 58.9 Å². The maximum Gasteiger partial charge on any atom is 0.166 e. The summed E-state index contributed by atoms with van der Waals surface area (Å²) in [7, 11) is 0. The van der Waals surface area contributed by atoms with Crippen molar-refractivity contribution in [1.82, 2.24) is 0 Å². The summed E-state index contributed by atoms with van der Waals surface area (Å²) in [5.74, 6) is -2.23. The van der Waals surface area contributed by atoms with Gasteiger partial charge in [-0.1, -0.05) is 63.8 Å². The van der Waals surface area contributed by atoms with Crippen LogP contribution in [0, 0.1) is 17.5 Å². The van der Waals surface area contributed by atoms with Crippen molar-refractivity contribution in [2.24, 2.45) is 0 Å². The van der Waals surface area contributed by atoms with Gasteiger partial charge in [0, 0.05) is 11.5 Å². The quantitative estimate of drug-likeness (QED) is 0.375. The Labute approximate surface area is 178 Å². The Morgan fingerprint density at radius 1 is 0.900 bits per heavy atom. The molecule has 0 spiro atoms. The molecule has 0 aliphatic carbocycles. The van der Waals surface area contributed by atoms with Gasteiger partial charge in [-0.25, -0.2) is 13.2 Å². The minimum absolute atomic E-state index is 0.104. The molecule has 1 nitrogen and oxygen atoms in total. The molecule has 2 unspecified atom stereocenters. The highest BCUT2D eigenvalue weighted by atomic mass is 19.2. The number of unbranched alkanes of at least 4 members (excludes halogenated alkanes) is 3. The summed E-state index contributed by atoms with van der Waals surface area (Å²) in [4.78, 5) is 0. The monoisotopic (exact) mass is 418 g/mol. The van der Waals surface area contributed by atoms with E-state index in [9.17, 15) is 13.2 Å². The van der Waals surface area contributed by atoms with Crippen LogP contribution in [0.2, 0.25) is 0 Å². The highest BCUT2D eigenvalue weighted by Gasteiger charge is 2.27. The maximum atomic E-state index is 14.9. The van der Waals surface area contributed by atoms with Crippen LogP contribution in [0.4, 0.5) is 13.2 Å². The highest BCUT2D eigenvalue weighted by molar-refractivity contribution is 5.65. The fraction of sp³-hybridized carbons (Fsp3) is 0.538. The summed E-state index contributed by atoms with van der Waals surface area (Å²) in [6, 6.07) is 7.91. The van der Waals surface area contributed by atoms with E-state index in [1.807, 2.05) is 0 Å². The second-order valence-electron chi connectivity index (χ2n) is 8.47. The smallest absolute Gasteiger partial charge is 0.166 e. The molecule has 2 aromatic rings. The van der Waals surface area contributed by atoms with E-state index in [1.54, 1.807) is 24.3 Å². The van der Waals surface area contributed by atoms with Crippen LogP contribution in [0.25, 0.3) is 11.1 Å². The van der Waals surface area contributed by atoms with Crippen LogP contribution in [0.3, 0.4) is 0 Å². The van der Waals surface area contributed by atoms with Gasteiger partial charge in [-0.2, -0.15) is 0 Å². The highest BCUT2D eigenvalue weighted by Crippen LogP contribution is 2.35. The number of benzene rings is 2. The molecule has 164 valence electrons. The molecule has 0 aromatic heterocycles. The molecule has 1 aliphatic rings. The molecule has 1 heterocycles. The average molecular weight is 419 g/mol. The number of rotatable bonds is 9. The van der Waals surface area contributed by atoms with Crippen LogP contribution in [0.5, 0.6) is 0 Å². The van der Waals surface area contributed by atoms with Crippen LogP contribution < -0.4 is 0 Å². The van der Waals surface area contributed by atoms with Crippen LogP contribution in [-0.2, 0) is 11.2 Å². The predicted molar refractivity (Wildman–Crippen MR) is 116 cm³/mol. The largest absolute Gasteiger partial charge is 0.378 e. The Kier molecular flexibility index (Phi) is 8.38. The fourth-order valence-corrected chi connectivity index (χ4v) is 4.30. The van der Waals surface area contributed by atoms with E-state index in [4.69, 9.17) is 4.74 Å². The summed E-state index contributed by atoms with van der Waals surface area (Å²) < 4.78 is 50.1. The van der Waals surface area contributed by atoms with Crippen LogP contribution in [-0.4, -0.2) is 12.7 Å². The number of hydrogen-bond acceptors (Lipinski definition) is 1. The van der Waals surface area contributed by atoms with Crippen LogP contribution >= 0.6 is 0 Å². The molecule has 4 heteroatoms. The number of halogens is 3. The molecule has 0 amide bonds. The van der Waals surface area contributed by atoms with E-state index in [1.165, 1.54) is 6.07 Å². The third-order valence-corrected chi connectivity index (χ3v) is 6.22. The third kappa shape index (κ3) is 5.46. The Balaban J connectivity index is 1.73. The Hall–Kier alpha value is -1.81. The lowest BCUT2D eigenvalue weighted by molar-refractivity contribution is -0.00258. The van der Waals surface area contributed by atoms with Gasteiger partial charge in [-0.3, -0.25) is 0 Å². The van der Waals surface area contributed by atoms with Crippen LogP contribution in [0.15, 0.2) is 30.3 Å². The summed E-state index contributed by atoms with van der Waals surface area (Å²) in [5, 5.41) is 0. The van der Waals surface area contributed by atoms with Gasteiger partial charge < -0.3 is 4.74 Å². The minimum Gasteiger partial charge on any atom is -0.378 e. The Morgan fingerprint density at radius 2 is 1.70 bits per heavy atom. The van der Waals surface area contributed by atoms with Crippen molar-refractivity contribution in [3.8, 4) is 11.1 Å². The number of aryl methyl sites for hydroxylation is 1. The molecule has 1 aliphatic heterocycles. The minimum atomic E-state index is -0.904. The van der Waals surface area contributed by atoms with Gasteiger partial charge in [0.15, 0.2) is 11.6 Å². The van der Waals surface area contributed by atoms with Crippen molar-refractivity contribution < 1.29 is 17.9 Å². The van der Waals surface area contributed by atoms with Gasteiger partial charge in [0.05, 0.1) is 12.7 Å². The predicted octanol–water partition coefficient (Wildman–Crippen LogP) is 7.96. The molecule has 2 aromatic carbocycles. The average Bonchev–Trinajstić information content (AvgIpc) is 2.76. The van der Waals surface area contributed by atoms with E-state index >= 15 is 0 Å². The number of ether oxygens (including phenoxy) is 1. The van der Waals surface area contributed by atoms with E-state index in [2.05, 4.69) is 13.8 Å². The zero-order valence-electron chi connectivity index (χ0n) is 18.2. The third-order valence-electron chi connectivity index (χ3n) is 6.22. The van der Waals surface area contributed by atoms with Gasteiger partial charge in [0.2, 0.25) is 0 Å². The first-order chi connectivity index (χ1) is 14.5. The van der Waals surface area contributed by atoms with Gasteiger partial charge in [-0.15, -0.1) is 0 Å². The van der Waals surface area contributed by atoms with Gasteiger partial charge in [-0.05, 0) is 54.9 Å². The van der Waals surface area contributed by atoms with E-state index in [0.717, 1.165) is 51.4 Å². The molecule has 1 saturated heterocycles. The van der Waals surface area contributed by atoms with Crippen molar-refractivity contribution >= 4 is 0 Å². The molecule has 1 fully saturated rings. The molecular formula is C26H33F3O. The zero-order valence-corrected chi connectivity index (χ0v) is 18.2. The maximum absolute atomic E-state index is 14.9. The summed E-state index contributed by atoms with van der Waals surface area (Å²) in [6.45, 7) is 4.67. The van der Waals surface area contributed by atoms with Crippen molar-refractivity contribution in [2.75, 3.05) is 6.61 Å². The van der Waals surface area contributed by atoms with E-state index in [0.29, 0.717) is 29.7 Å². The first-order valence-electron chi connectivity index (χ1n) is 11.4. The molecule has 0 radical (unpaired) electrons. The standard InChI is InChI=1S/C26H33F3O/c1-3-5-7-8-18-10-11-19(16-24(18)27)22-14-15-23(26(29)25(22)28)20-12-13-21(30-17-20)9-6-4-2/h10-11,14-16,20-21H,3-9,12-13,17H2,1-2H3. The lowest BCUT2D eigenvalue weighted by atomic mass is 9.88. The van der Waals surface area contributed by atoms with E-state index < -0.39 is 11.6 Å². The molecule has 0 bridgehead atoms. The summed E-state index contributed by atoms with van der Waals surface area (Å²) >= 11 is 0. The molecule has 0 N–H and O–H groups in total. The molecule has 30 heavy (non-hydrogen) atoms. The second kappa shape index (κ2) is 11.0. The SMILES string of the molecule is CCCCCc1ccc(-c2ccc(C3CCC(CCCC)OC3)c(F)c2F)cc1F. The molecule has 3 rings (SSSR count). The second-order valence-corrected chi connectivity index (χ2v) is 8.47. The lowest BCUT2D eigenvalue weighted by Gasteiger charge is -2.29. The van der Waals surface area contributed by atoms with Crippen LogP contribution in [0.1, 0.15) is 82.3 Å². The van der Waals surface area contributed by atoms with Gasteiger partial charge in [0.1, 0.15) is 5.82 Å². The van der Waals surface area contributed by atoms with Crippen molar-refractivity contribution in [2.45, 2.75) is 83.7 Å². The summed E-state index contributed by atoms with van der Waals surface area (Å²) in [6.07, 6.45) is 8.89. The Bertz CT molecular complexity index is 825. The van der Waals surface area contributed by atoms with Gasteiger partial charge in [0.25, 0.3) is 0 Å². The van der Waals surface area contributed by atoms with Gasteiger partial charge >= 0.3 is 0 Å². The summed E-state index contributed by atoms with van der Waals surface area (Å²) in [5.41, 5.74) is 1.46. The van der Waals surface area contributed by atoms with Crippen molar-refractivity contribution in [3.63, 3.8) is 0 Å². The normalized spacial score (nSPS) is 19.2. The zero-order chi connectivity index (χ0) is 21.5. The Morgan fingerprint density at radius 3 is 2.37 bits per heavy atom. The van der Waals surface area contributed by atoms with Crippen molar-refractivity contribution in [1.29, 1.82) is 0 Å². The number of hydrogen-bond donors (Lipinski definition) is 0.